The molecule has 1 saturated heterocycles. The summed E-state index contributed by atoms with van der Waals surface area (Å²) in [6.07, 6.45) is 4.42. The lowest BCUT2D eigenvalue weighted by atomic mass is 10.2. The molecule has 106 valence electrons. The number of rotatable bonds is 5. The summed E-state index contributed by atoms with van der Waals surface area (Å²) >= 11 is 0. The number of anilines is 2. The molecule has 2 rings (SSSR count). The van der Waals surface area contributed by atoms with Gasteiger partial charge in [0.2, 0.25) is 5.95 Å². The molecule has 0 bridgehead atoms. The van der Waals surface area contributed by atoms with Gasteiger partial charge in [0.15, 0.2) is 0 Å². The molecule has 0 radical (unpaired) electrons. The Hall–Kier alpha value is -1.36. The van der Waals surface area contributed by atoms with E-state index in [4.69, 9.17) is 0 Å². The number of aromatic nitrogens is 2. The van der Waals surface area contributed by atoms with Crippen molar-refractivity contribution >= 4 is 11.8 Å². The van der Waals surface area contributed by atoms with Crippen LogP contribution in [0.3, 0.4) is 0 Å². The van der Waals surface area contributed by atoms with Crippen molar-refractivity contribution in [2.45, 2.75) is 32.7 Å². The Kier molecular flexibility index (Phi) is 4.58. The summed E-state index contributed by atoms with van der Waals surface area (Å²) in [6.45, 7) is 7.19. The molecule has 0 aliphatic carbocycles. The number of hydrogen-bond donors (Lipinski definition) is 1. The fraction of sp³-hybridized carbons (Fsp3) is 0.714. The van der Waals surface area contributed by atoms with E-state index in [9.17, 15) is 0 Å². The van der Waals surface area contributed by atoms with E-state index in [0.29, 0.717) is 6.04 Å². The first kappa shape index (κ1) is 14.1. The molecule has 1 unspecified atom stereocenters. The second kappa shape index (κ2) is 6.19. The molecular weight excluding hydrogens is 238 g/mol. The van der Waals surface area contributed by atoms with Gasteiger partial charge in [-0.3, -0.25) is 0 Å². The number of hydrogen-bond acceptors (Lipinski definition) is 5. The fourth-order valence-electron chi connectivity index (χ4n) is 2.69. The Labute approximate surface area is 116 Å². The highest BCUT2D eigenvalue weighted by Crippen LogP contribution is 2.27. The van der Waals surface area contributed by atoms with Gasteiger partial charge in [-0.05, 0) is 40.8 Å². The maximum absolute atomic E-state index is 4.69. The molecule has 1 N–H and O–H groups in total. The highest BCUT2D eigenvalue weighted by Gasteiger charge is 2.27. The highest BCUT2D eigenvalue weighted by molar-refractivity contribution is 5.50. The average Bonchev–Trinajstić information content (AvgIpc) is 2.79. The van der Waals surface area contributed by atoms with Crippen molar-refractivity contribution in [3.05, 3.63) is 11.8 Å². The first-order valence-electron chi connectivity index (χ1n) is 7.10. The monoisotopic (exact) mass is 263 g/mol. The molecule has 5 heteroatoms. The van der Waals surface area contributed by atoms with Gasteiger partial charge in [-0.25, -0.2) is 4.98 Å². The van der Waals surface area contributed by atoms with Crippen LogP contribution in [0.25, 0.3) is 0 Å². The molecule has 5 nitrogen and oxygen atoms in total. The molecule has 0 saturated carbocycles. The summed E-state index contributed by atoms with van der Waals surface area (Å²) in [5.74, 6) is 1.83. The summed E-state index contributed by atoms with van der Waals surface area (Å²) < 4.78 is 0. The lowest BCUT2D eigenvalue weighted by Gasteiger charge is -2.29. The summed E-state index contributed by atoms with van der Waals surface area (Å²) in [6, 6.07) is 0.568. The van der Waals surface area contributed by atoms with Crippen LogP contribution >= 0.6 is 0 Å². The zero-order valence-corrected chi connectivity index (χ0v) is 12.5. The molecular formula is C14H25N5. The number of likely N-dealkylation sites (N-methyl/N-ethyl adjacent to an activating group) is 1. The number of nitrogens with one attached hydrogen (secondary N) is 1. The van der Waals surface area contributed by atoms with Crippen LogP contribution in [0.4, 0.5) is 11.8 Å². The lowest BCUT2D eigenvalue weighted by molar-refractivity contribution is 0.371. The van der Waals surface area contributed by atoms with Gasteiger partial charge in [0.25, 0.3) is 0 Å². The van der Waals surface area contributed by atoms with Crippen molar-refractivity contribution in [3.8, 4) is 0 Å². The first-order valence-corrected chi connectivity index (χ1v) is 7.10. The maximum atomic E-state index is 4.69. The van der Waals surface area contributed by atoms with Crippen molar-refractivity contribution in [1.82, 2.24) is 14.9 Å². The van der Waals surface area contributed by atoms with E-state index in [1.165, 1.54) is 12.8 Å². The lowest BCUT2D eigenvalue weighted by Crippen LogP contribution is -2.38. The molecule has 1 aromatic heterocycles. The Morgan fingerprint density at radius 1 is 1.47 bits per heavy atom. The van der Waals surface area contributed by atoms with Crippen LogP contribution in [0.15, 0.2) is 6.20 Å². The maximum Gasteiger partial charge on any atom is 0.224 e. The zero-order valence-electron chi connectivity index (χ0n) is 12.5. The number of aryl methyl sites for hydroxylation is 1. The highest BCUT2D eigenvalue weighted by atomic mass is 15.3. The standard InChI is InChI=1S/C14H25N5/c1-5-15-14-16-9-11(2)13(17-14)19-8-6-7-12(19)10-18(3)4/h9,12H,5-8,10H2,1-4H3,(H,15,16,17). The van der Waals surface area contributed by atoms with E-state index in [0.717, 1.165) is 37.0 Å². The molecule has 2 heterocycles. The summed E-state index contributed by atoms with van der Waals surface area (Å²) in [5, 5.41) is 3.19. The quantitative estimate of drug-likeness (QED) is 0.877. The van der Waals surface area contributed by atoms with Gasteiger partial charge in [-0.1, -0.05) is 0 Å². The molecule has 0 spiro atoms. The van der Waals surface area contributed by atoms with Crippen molar-refractivity contribution in [3.63, 3.8) is 0 Å². The van der Waals surface area contributed by atoms with Crippen LogP contribution in [-0.2, 0) is 0 Å². The van der Waals surface area contributed by atoms with Crippen LogP contribution < -0.4 is 10.2 Å². The van der Waals surface area contributed by atoms with Gasteiger partial charge in [0.05, 0.1) is 0 Å². The van der Waals surface area contributed by atoms with Crippen LogP contribution in [0.2, 0.25) is 0 Å². The van der Waals surface area contributed by atoms with Crippen LogP contribution in [0.5, 0.6) is 0 Å². The van der Waals surface area contributed by atoms with Crippen LogP contribution in [0, 0.1) is 6.92 Å². The fourth-order valence-corrected chi connectivity index (χ4v) is 2.69. The normalized spacial score (nSPS) is 19.2. The summed E-state index contributed by atoms with van der Waals surface area (Å²) in [7, 11) is 4.26. The summed E-state index contributed by atoms with van der Waals surface area (Å²) in [5.41, 5.74) is 1.16. The molecule has 0 amide bonds. The van der Waals surface area contributed by atoms with Crippen molar-refractivity contribution < 1.29 is 0 Å². The molecule has 1 aliphatic heterocycles. The minimum Gasteiger partial charge on any atom is -0.354 e. The average molecular weight is 263 g/mol. The molecule has 1 fully saturated rings. The SMILES string of the molecule is CCNc1ncc(C)c(N2CCCC2CN(C)C)n1. The Morgan fingerprint density at radius 2 is 2.26 bits per heavy atom. The van der Waals surface area contributed by atoms with E-state index in [2.05, 4.69) is 53.0 Å². The third kappa shape index (κ3) is 3.35. The second-order valence-electron chi connectivity index (χ2n) is 5.48. The van der Waals surface area contributed by atoms with E-state index < -0.39 is 0 Å². The third-order valence-corrected chi connectivity index (χ3v) is 3.50. The second-order valence-corrected chi connectivity index (χ2v) is 5.48. The van der Waals surface area contributed by atoms with E-state index in [1.807, 2.05) is 6.20 Å². The van der Waals surface area contributed by atoms with Gasteiger partial charge in [-0.15, -0.1) is 0 Å². The smallest absolute Gasteiger partial charge is 0.224 e. The van der Waals surface area contributed by atoms with Gasteiger partial charge in [0.1, 0.15) is 5.82 Å². The van der Waals surface area contributed by atoms with Crippen molar-refractivity contribution in [2.75, 3.05) is 43.9 Å². The minimum absolute atomic E-state index is 0.568. The Balaban J connectivity index is 2.21. The van der Waals surface area contributed by atoms with Gasteiger partial charge >= 0.3 is 0 Å². The summed E-state index contributed by atoms with van der Waals surface area (Å²) in [4.78, 5) is 13.7. The zero-order chi connectivity index (χ0) is 13.8. The predicted molar refractivity (Wildman–Crippen MR) is 79.9 cm³/mol. The largest absolute Gasteiger partial charge is 0.354 e. The van der Waals surface area contributed by atoms with E-state index in [-0.39, 0.29) is 0 Å². The van der Waals surface area contributed by atoms with Crippen LogP contribution in [0.1, 0.15) is 25.3 Å². The van der Waals surface area contributed by atoms with E-state index in [1.54, 1.807) is 0 Å². The number of nitrogens with zero attached hydrogens (tertiary/aromatic N) is 4. The van der Waals surface area contributed by atoms with Gasteiger partial charge < -0.3 is 15.1 Å². The molecule has 1 aliphatic rings. The Bertz CT molecular complexity index is 418. The Morgan fingerprint density at radius 3 is 2.95 bits per heavy atom. The molecule has 1 aromatic rings. The van der Waals surface area contributed by atoms with Gasteiger partial charge in [0, 0.05) is 37.4 Å². The van der Waals surface area contributed by atoms with Crippen LogP contribution in [-0.4, -0.2) is 54.6 Å². The van der Waals surface area contributed by atoms with Crippen molar-refractivity contribution in [2.24, 2.45) is 0 Å². The van der Waals surface area contributed by atoms with Crippen molar-refractivity contribution in [1.29, 1.82) is 0 Å². The first-order chi connectivity index (χ1) is 9.11. The van der Waals surface area contributed by atoms with E-state index >= 15 is 0 Å². The molecule has 19 heavy (non-hydrogen) atoms. The topological polar surface area (TPSA) is 44.3 Å². The predicted octanol–water partition coefficient (Wildman–Crippen LogP) is 1.75. The minimum atomic E-state index is 0.568. The molecule has 0 aromatic carbocycles. The molecule has 1 atom stereocenters. The third-order valence-electron chi connectivity index (χ3n) is 3.50. The van der Waals surface area contributed by atoms with Gasteiger partial charge in [-0.2, -0.15) is 4.98 Å².